The van der Waals surface area contributed by atoms with Crippen LogP contribution >= 0.6 is 11.3 Å². The standard InChI is InChI=1S/C17H25N5O2S/c23-15(19-7-3-10-22-11-8-18-9-12-22)5-1-6-16-20-17(21-24-16)14-4-2-13-25-14/h2,4,13,18H,1,3,5-12H2,(H,19,23). The molecule has 25 heavy (non-hydrogen) atoms. The molecule has 0 radical (unpaired) electrons. The van der Waals surface area contributed by atoms with Crippen molar-refractivity contribution in [1.82, 2.24) is 25.7 Å². The lowest BCUT2D eigenvalue weighted by molar-refractivity contribution is -0.121. The van der Waals surface area contributed by atoms with Crippen LogP contribution < -0.4 is 10.6 Å². The number of carbonyl (C=O) groups excluding carboxylic acids is 1. The van der Waals surface area contributed by atoms with Crippen LogP contribution in [0.25, 0.3) is 10.7 Å². The van der Waals surface area contributed by atoms with Gasteiger partial charge in [-0.2, -0.15) is 4.98 Å². The molecule has 136 valence electrons. The fourth-order valence-electron chi connectivity index (χ4n) is 2.82. The van der Waals surface area contributed by atoms with Gasteiger partial charge >= 0.3 is 0 Å². The van der Waals surface area contributed by atoms with E-state index in [1.54, 1.807) is 11.3 Å². The highest BCUT2D eigenvalue weighted by molar-refractivity contribution is 7.13. The highest BCUT2D eigenvalue weighted by atomic mass is 32.1. The van der Waals surface area contributed by atoms with Gasteiger partial charge < -0.3 is 20.1 Å². The SMILES string of the molecule is O=C(CCCc1nc(-c2cccs2)no1)NCCCN1CCNCC1. The molecule has 0 aliphatic carbocycles. The zero-order valence-electron chi connectivity index (χ0n) is 14.4. The molecule has 0 atom stereocenters. The summed E-state index contributed by atoms with van der Waals surface area (Å²) in [4.78, 5) is 19.7. The molecule has 1 aliphatic rings. The van der Waals surface area contributed by atoms with Gasteiger partial charge in [0.1, 0.15) is 0 Å². The van der Waals surface area contributed by atoms with Gasteiger partial charge in [0.25, 0.3) is 0 Å². The summed E-state index contributed by atoms with van der Waals surface area (Å²) in [5.74, 6) is 1.32. The molecule has 1 aliphatic heterocycles. The third-order valence-electron chi connectivity index (χ3n) is 4.19. The highest BCUT2D eigenvalue weighted by Crippen LogP contribution is 2.21. The average Bonchev–Trinajstić information content (AvgIpc) is 3.31. The van der Waals surface area contributed by atoms with Crippen LogP contribution in [-0.2, 0) is 11.2 Å². The predicted octanol–water partition coefficient (Wildman–Crippen LogP) is 1.53. The zero-order valence-corrected chi connectivity index (χ0v) is 15.2. The Morgan fingerprint density at radius 3 is 3.04 bits per heavy atom. The lowest BCUT2D eigenvalue weighted by atomic mass is 10.2. The van der Waals surface area contributed by atoms with E-state index in [4.69, 9.17) is 4.52 Å². The van der Waals surface area contributed by atoms with Crippen molar-refractivity contribution in [3.63, 3.8) is 0 Å². The summed E-state index contributed by atoms with van der Waals surface area (Å²) in [5.41, 5.74) is 0. The average molecular weight is 363 g/mol. The van der Waals surface area contributed by atoms with Crippen LogP contribution in [0.2, 0.25) is 0 Å². The third-order valence-corrected chi connectivity index (χ3v) is 5.05. The van der Waals surface area contributed by atoms with Gasteiger partial charge in [0.05, 0.1) is 4.88 Å². The Hall–Kier alpha value is -1.77. The molecular weight excluding hydrogens is 338 g/mol. The predicted molar refractivity (Wildman–Crippen MR) is 97.5 cm³/mol. The Kier molecular flexibility index (Phi) is 6.96. The summed E-state index contributed by atoms with van der Waals surface area (Å²) in [5, 5.41) is 12.3. The first-order valence-corrected chi connectivity index (χ1v) is 9.75. The van der Waals surface area contributed by atoms with Crippen LogP contribution in [0, 0.1) is 0 Å². The molecule has 0 spiro atoms. The quantitative estimate of drug-likeness (QED) is 0.658. The van der Waals surface area contributed by atoms with Crippen LogP contribution in [0.5, 0.6) is 0 Å². The van der Waals surface area contributed by atoms with Gasteiger partial charge in [-0.3, -0.25) is 4.79 Å². The fraction of sp³-hybridized carbons (Fsp3) is 0.588. The van der Waals surface area contributed by atoms with Gasteiger partial charge in [-0.05, 0) is 30.8 Å². The number of hydrogen-bond acceptors (Lipinski definition) is 7. The lowest BCUT2D eigenvalue weighted by Gasteiger charge is -2.27. The minimum atomic E-state index is 0.0957. The number of nitrogens with one attached hydrogen (secondary N) is 2. The molecule has 1 fully saturated rings. The van der Waals surface area contributed by atoms with Crippen molar-refractivity contribution in [1.29, 1.82) is 0 Å². The number of hydrogen-bond donors (Lipinski definition) is 2. The van der Waals surface area contributed by atoms with Crippen molar-refractivity contribution in [2.75, 3.05) is 39.3 Å². The summed E-state index contributed by atoms with van der Waals surface area (Å²) in [6, 6.07) is 3.93. The smallest absolute Gasteiger partial charge is 0.226 e. The van der Waals surface area contributed by atoms with E-state index in [0.29, 0.717) is 24.6 Å². The molecule has 0 bridgehead atoms. The van der Waals surface area contributed by atoms with Gasteiger partial charge in [-0.15, -0.1) is 11.3 Å². The number of piperazine rings is 1. The first kappa shape index (κ1) is 18.0. The Morgan fingerprint density at radius 2 is 2.24 bits per heavy atom. The Bertz CT molecular complexity index is 637. The van der Waals surface area contributed by atoms with E-state index in [-0.39, 0.29) is 5.91 Å². The van der Waals surface area contributed by atoms with Crippen LogP contribution in [0.3, 0.4) is 0 Å². The molecule has 0 saturated carbocycles. The minimum Gasteiger partial charge on any atom is -0.356 e. The molecule has 0 unspecified atom stereocenters. The van der Waals surface area contributed by atoms with Gasteiger partial charge in [0.2, 0.25) is 17.6 Å². The van der Waals surface area contributed by atoms with Crippen molar-refractivity contribution in [3.05, 3.63) is 23.4 Å². The minimum absolute atomic E-state index is 0.0957. The summed E-state index contributed by atoms with van der Waals surface area (Å²) < 4.78 is 5.24. The molecule has 2 N–H and O–H groups in total. The number of carbonyl (C=O) groups is 1. The zero-order chi connectivity index (χ0) is 17.3. The highest BCUT2D eigenvalue weighted by Gasteiger charge is 2.11. The molecule has 3 heterocycles. The molecule has 1 amide bonds. The number of rotatable bonds is 9. The largest absolute Gasteiger partial charge is 0.356 e. The second-order valence-electron chi connectivity index (χ2n) is 6.14. The number of amides is 1. The van der Waals surface area contributed by atoms with E-state index in [1.165, 1.54) is 0 Å². The maximum Gasteiger partial charge on any atom is 0.226 e. The van der Waals surface area contributed by atoms with E-state index in [2.05, 4.69) is 25.7 Å². The van der Waals surface area contributed by atoms with E-state index >= 15 is 0 Å². The maximum absolute atomic E-state index is 11.9. The van der Waals surface area contributed by atoms with Crippen molar-refractivity contribution in [2.24, 2.45) is 0 Å². The normalized spacial score (nSPS) is 15.4. The van der Waals surface area contributed by atoms with E-state index < -0.39 is 0 Å². The molecule has 1 saturated heterocycles. The first-order valence-electron chi connectivity index (χ1n) is 8.87. The van der Waals surface area contributed by atoms with Crippen LogP contribution in [0.15, 0.2) is 22.0 Å². The summed E-state index contributed by atoms with van der Waals surface area (Å²) in [6.45, 7) is 6.13. The lowest BCUT2D eigenvalue weighted by Crippen LogP contribution is -2.44. The first-order chi connectivity index (χ1) is 12.3. The number of thiophene rings is 1. The number of aryl methyl sites for hydroxylation is 1. The number of nitrogens with zero attached hydrogens (tertiary/aromatic N) is 3. The summed E-state index contributed by atoms with van der Waals surface area (Å²) >= 11 is 1.58. The molecule has 8 heteroatoms. The fourth-order valence-corrected chi connectivity index (χ4v) is 3.47. The van der Waals surface area contributed by atoms with E-state index in [0.717, 1.165) is 57.0 Å². The Balaban J connectivity index is 1.26. The Morgan fingerprint density at radius 1 is 1.36 bits per heavy atom. The summed E-state index contributed by atoms with van der Waals surface area (Å²) in [7, 11) is 0. The molecule has 3 rings (SSSR count). The topological polar surface area (TPSA) is 83.3 Å². The second kappa shape index (κ2) is 9.65. The Labute approximate surface area is 151 Å². The molecule has 2 aromatic heterocycles. The number of aromatic nitrogens is 2. The van der Waals surface area contributed by atoms with Crippen LogP contribution in [0.1, 0.15) is 25.2 Å². The van der Waals surface area contributed by atoms with Gasteiger partial charge in [0.15, 0.2) is 0 Å². The van der Waals surface area contributed by atoms with E-state index in [9.17, 15) is 4.79 Å². The molecule has 7 nitrogen and oxygen atoms in total. The van der Waals surface area contributed by atoms with Gasteiger partial charge in [-0.25, -0.2) is 0 Å². The monoisotopic (exact) mass is 363 g/mol. The van der Waals surface area contributed by atoms with Crippen molar-refractivity contribution < 1.29 is 9.32 Å². The van der Waals surface area contributed by atoms with Crippen LogP contribution in [-0.4, -0.2) is 60.2 Å². The van der Waals surface area contributed by atoms with Gasteiger partial charge in [0, 0.05) is 45.6 Å². The van der Waals surface area contributed by atoms with Crippen LogP contribution in [0.4, 0.5) is 0 Å². The molecule has 0 aromatic carbocycles. The second-order valence-corrected chi connectivity index (χ2v) is 7.09. The summed E-state index contributed by atoms with van der Waals surface area (Å²) in [6.07, 6.45) is 2.84. The van der Waals surface area contributed by atoms with Crippen molar-refractivity contribution in [2.45, 2.75) is 25.7 Å². The molecule has 2 aromatic rings. The maximum atomic E-state index is 11.9. The third kappa shape index (κ3) is 5.91. The molecular formula is C17H25N5O2S. The van der Waals surface area contributed by atoms with E-state index in [1.807, 2.05) is 17.5 Å². The van der Waals surface area contributed by atoms with Crippen molar-refractivity contribution >= 4 is 17.2 Å². The van der Waals surface area contributed by atoms with Crippen molar-refractivity contribution in [3.8, 4) is 10.7 Å². The van der Waals surface area contributed by atoms with Gasteiger partial charge in [-0.1, -0.05) is 11.2 Å².